The quantitative estimate of drug-likeness (QED) is 0.200. The topological polar surface area (TPSA) is 119 Å². The summed E-state index contributed by atoms with van der Waals surface area (Å²) < 4.78 is 58.8. The summed E-state index contributed by atoms with van der Waals surface area (Å²) in [6.45, 7) is 4.65. The van der Waals surface area contributed by atoms with Crippen molar-refractivity contribution in [1.29, 1.82) is 0 Å². The van der Waals surface area contributed by atoms with Gasteiger partial charge in [-0.05, 0) is 24.1 Å². The average Bonchev–Trinajstić information content (AvgIpc) is 2.76. The molecule has 1 aromatic rings. The van der Waals surface area contributed by atoms with Crippen LogP contribution in [0.1, 0.15) is 11.1 Å². The third kappa shape index (κ3) is 15.5. The van der Waals surface area contributed by atoms with E-state index in [9.17, 15) is 13.5 Å². The van der Waals surface area contributed by atoms with E-state index in [0.29, 0.717) is 83.8 Å². The molecule has 1 rings (SSSR count). The van der Waals surface area contributed by atoms with Crippen molar-refractivity contribution in [2.75, 3.05) is 86.0 Å². The number of aliphatic hydroxyl groups is 1. The summed E-state index contributed by atoms with van der Waals surface area (Å²) in [5, 5.41) is 9.55. The van der Waals surface area contributed by atoms with E-state index >= 15 is 0 Å². The zero-order valence-electron chi connectivity index (χ0n) is 19.0. The first kappa shape index (κ1) is 28.7. The minimum atomic E-state index is -3.46. The molecule has 0 heterocycles. The minimum absolute atomic E-state index is 0.0508. The predicted octanol–water partition coefficient (Wildman–Crippen LogP) is 0.789. The smallest absolute Gasteiger partial charge is 0.264 e. The van der Waals surface area contributed by atoms with E-state index in [2.05, 4.69) is 0 Å². The molecule has 0 saturated heterocycles. The van der Waals surface area contributed by atoms with Crippen LogP contribution in [0.3, 0.4) is 0 Å². The summed E-state index contributed by atoms with van der Waals surface area (Å²) in [6, 6.07) is 5.32. The van der Waals surface area contributed by atoms with Crippen LogP contribution in [0.4, 0.5) is 0 Å². The molecule has 11 heteroatoms. The summed E-state index contributed by atoms with van der Waals surface area (Å²) >= 11 is 0. The van der Waals surface area contributed by atoms with Gasteiger partial charge in [-0.15, -0.1) is 0 Å². The van der Waals surface area contributed by atoms with Crippen LogP contribution in [-0.2, 0) is 51.0 Å². The van der Waals surface area contributed by atoms with Gasteiger partial charge in [0.1, 0.15) is 12.4 Å². The van der Waals surface area contributed by atoms with Gasteiger partial charge in [0.15, 0.2) is 0 Å². The SMILES string of the molecule is COCCOCCOCCOCCOCCOc1ccc(CCOS(C)(=O)=O)cc1CO. The molecule has 0 radical (unpaired) electrons. The van der Waals surface area contributed by atoms with Crippen molar-refractivity contribution < 1.29 is 46.1 Å². The molecule has 1 aromatic carbocycles. The van der Waals surface area contributed by atoms with Crippen molar-refractivity contribution in [1.82, 2.24) is 0 Å². The van der Waals surface area contributed by atoms with Crippen molar-refractivity contribution in [2.24, 2.45) is 0 Å². The van der Waals surface area contributed by atoms with E-state index in [1.165, 1.54) is 0 Å². The average molecular weight is 481 g/mol. The van der Waals surface area contributed by atoms with Crippen molar-refractivity contribution in [3.63, 3.8) is 0 Å². The Labute approximate surface area is 190 Å². The fraction of sp³-hybridized carbons (Fsp3) is 0.714. The third-order valence-corrected chi connectivity index (χ3v) is 4.61. The molecule has 32 heavy (non-hydrogen) atoms. The second kappa shape index (κ2) is 18.2. The summed E-state index contributed by atoms with van der Waals surface area (Å²) in [5.74, 6) is 0.559. The predicted molar refractivity (Wildman–Crippen MR) is 118 cm³/mol. The van der Waals surface area contributed by atoms with Gasteiger partial charge in [0, 0.05) is 12.7 Å². The highest BCUT2D eigenvalue weighted by Crippen LogP contribution is 2.20. The van der Waals surface area contributed by atoms with E-state index in [-0.39, 0.29) is 13.2 Å². The Kier molecular flexibility index (Phi) is 16.3. The highest BCUT2D eigenvalue weighted by atomic mass is 32.2. The van der Waals surface area contributed by atoms with Gasteiger partial charge in [-0.25, -0.2) is 0 Å². The van der Waals surface area contributed by atoms with Crippen molar-refractivity contribution in [3.05, 3.63) is 29.3 Å². The maximum absolute atomic E-state index is 11.0. The molecule has 186 valence electrons. The maximum atomic E-state index is 11.0. The van der Waals surface area contributed by atoms with Gasteiger partial charge in [-0.1, -0.05) is 6.07 Å². The highest BCUT2D eigenvalue weighted by Gasteiger charge is 2.07. The van der Waals surface area contributed by atoms with Crippen molar-refractivity contribution >= 4 is 10.1 Å². The van der Waals surface area contributed by atoms with E-state index in [4.69, 9.17) is 32.6 Å². The lowest BCUT2D eigenvalue weighted by atomic mass is 10.1. The van der Waals surface area contributed by atoms with Crippen LogP contribution in [0, 0.1) is 0 Å². The molecule has 1 N–H and O–H groups in total. The zero-order chi connectivity index (χ0) is 23.5. The van der Waals surface area contributed by atoms with Crippen LogP contribution in [0.5, 0.6) is 5.75 Å². The molecule has 0 bridgehead atoms. The highest BCUT2D eigenvalue weighted by molar-refractivity contribution is 7.85. The number of ether oxygens (including phenoxy) is 6. The number of methoxy groups -OCH3 is 1. The molecule has 0 aliphatic carbocycles. The molecule has 0 aliphatic heterocycles. The first-order valence-corrected chi connectivity index (χ1v) is 12.3. The molecule has 0 spiro atoms. The third-order valence-electron chi connectivity index (χ3n) is 4.02. The van der Waals surface area contributed by atoms with E-state index in [1.807, 2.05) is 6.07 Å². The van der Waals surface area contributed by atoms with Gasteiger partial charge >= 0.3 is 0 Å². The van der Waals surface area contributed by atoms with Crippen molar-refractivity contribution in [3.8, 4) is 5.75 Å². The molecule has 0 aliphatic rings. The monoisotopic (exact) mass is 480 g/mol. The first-order valence-electron chi connectivity index (χ1n) is 10.5. The van der Waals surface area contributed by atoms with Gasteiger partial charge in [0.05, 0.1) is 78.9 Å². The molecule has 0 fully saturated rings. The number of hydrogen-bond acceptors (Lipinski definition) is 10. The second-order valence-electron chi connectivity index (χ2n) is 6.67. The molecule has 10 nitrogen and oxygen atoms in total. The normalized spacial score (nSPS) is 11.7. The van der Waals surface area contributed by atoms with E-state index < -0.39 is 10.1 Å². The van der Waals surface area contributed by atoms with Crippen LogP contribution in [-0.4, -0.2) is 99.6 Å². The molecule has 0 atom stereocenters. The standard InChI is InChI=1S/C21H36O10S/c1-25-7-8-26-9-10-27-11-12-28-13-14-29-15-16-30-21-4-3-19(17-20(21)18-22)5-6-31-32(2,23)24/h3-4,17,22H,5-16,18H2,1-2H3. The Hall–Kier alpha value is -1.31. The lowest BCUT2D eigenvalue weighted by Gasteiger charge is -2.12. The number of rotatable bonds is 21. The van der Waals surface area contributed by atoms with Crippen LogP contribution in [0.2, 0.25) is 0 Å². The fourth-order valence-corrected chi connectivity index (χ4v) is 2.86. The Morgan fingerprint density at radius 1 is 0.781 bits per heavy atom. The van der Waals surface area contributed by atoms with E-state index in [0.717, 1.165) is 11.8 Å². The Morgan fingerprint density at radius 2 is 1.31 bits per heavy atom. The van der Waals surface area contributed by atoms with Gasteiger partial charge in [-0.3, -0.25) is 4.18 Å². The molecule has 0 aromatic heterocycles. The Morgan fingerprint density at radius 3 is 1.81 bits per heavy atom. The summed E-state index contributed by atoms with van der Waals surface area (Å²) in [6.07, 6.45) is 1.42. The number of aliphatic hydroxyl groups excluding tert-OH is 1. The molecule has 0 unspecified atom stereocenters. The molecular formula is C21H36O10S. The zero-order valence-corrected chi connectivity index (χ0v) is 19.8. The van der Waals surface area contributed by atoms with Gasteiger partial charge in [0.2, 0.25) is 0 Å². The molecule has 0 amide bonds. The lowest BCUT2D eigenvalue weighted by molar-refractivity contribution is -0.00982. The van der Waals surface area contributed by atoms with Crippen LogP contribution in [0.15, 0.2) is 18.2 Å². The second-order valence-corrected chi connectivity index (χ2v) is 8.31. The Balaban J connectivity index is 2.05. The molecule has 0 saturated carbocycles. The van der Waals surface area contributed by atoms with Crippen molar-refractivity contribution in [2.45, 2.75) is 13.0 Å². The maximum Gasteiger partial charge on any atom is 0.264 e. The van der Waals surface area contributed by atoms with Gasteiger partial charge < -0.3 is 33.5 Å². The van der Waals surface area contributed by atoms with Crippen LogP contribution in [0.25, 0.3) is 0 Å². The van der Waals surface area contributed by atoms with Crippen LogP contribution < -0.4 is 4.74 Å². The van der Waals surface area contributed by atoms with Crippen LogP contribution >= 0.6 is 0 Å². The minimum Gasteiger partial charge on any atom is -0.491 e. The summed E-state index contributed by atoms with van der Waals surface area (Å²) in [7, 11) is -1.83. The van der Waals surface area contributed by atoms with E-state index in [1.54, 1.807) is 19.2 Å². The fourth-order valence-electron chi connectivity index (χ4n) is 2.48. The summed E-state index contributed by atoms with van der Waals surface area (Å²) in [4.78, 5) is 0. The first-order chi connectivity index (χ1) is 15.5. The van der Waals surface area contributed by atoms with Gasteiger partial charge in [-0.2, -0.15) is 8.42 Å². The Bertz CT molecular complexity index is 696. The lowest BCUT2D eigenvalue weighted by Crippen LogP contribution is -2.14. The summed E-state index contributed by atoms with van der Waals surface area (Å²) in [5.41, 5.74) is 1.47. The number of hydrogen-bond donors (Lipinski definition) is 1. The number of benzene rings is 1. The largest absolute Gasteiger partial charge is 0.491 e. The molecular weight excluding hydrogens is 444 g/mol. The van der Waals surface area contributed by atoms with Gasteiger partial charge in [0.25, 0.3) is 10.1 Å².